The summed E-state index contributed by atoms with van der Waals surface area (Å²) in [6.45, 7) is 5.38. The molecule has 174 valence electrons. The Morgan fingerprint density at radius 1 is 1.00 bits per heavy atom. The van der Waals surface area contributed by atoms with Crippen LogP contribution in [0.25, 0.3) is 0 Å². The Kier molecular flexibility index (Phi) is 6.64. The minimum atomic E-state index is -0.374. The largest absolute Gasteiger partial charge is 0.448 e. The summed E-state index contributed by atoms with van der Waals surface area (Å²) in [6.07, 6.45) is 6.39. The van der Waals surface area contributed by atoms with Crippen LogP contribution in [0.5, 0.6) is 0 Å². The maximum Gasteiger partial charge on any atom is 0.410 e. The summed E-state index contributed by atoms with van der Waals surface area (Å²) in [4.78, 5) is 31.1. The average molecular weight is 442 g/mol. The summed E-state index contributed by atoms with van der Waals surface area (Å²) in [6, 6.07) is 9.46. The number of carbonyl (C=O) groups is 2. The number of likely N-dealkylation sites (tertiary alicyclic amines) is 1. The normalized spacial score (nSPS) is 24.7. The first-order chi connectivity index (χ1) is 15.7. The van der Waals surface area contributed by atoms with Gasteiger partial charge in [-0.3, -0.25) is 14.6 Å². The topological polar surface area (TPSA) is 62.3 Å². The number of rotatable bonds is 7. The Labute approximate surface area is 190 Å². The average Bonchev–Trinajstić information content (AvgIpc) is 3.55. The van der Waals surface area contributed by atoms with Gasteiger partial charge in [0.2, 0.25) is 5.91 Å². The van der Waals surface area contributed by atoms with E-state index in [1.807, 2.05) is 4.90 Å². The quantitative estimate of drug-likeness (QED) is 0.650. The number of benzene rings is 1. The van der Waals surface area contributed by atoms with Gasteiger partial charge in [0, 0.05) is 25.7 Å². The second-order valence-electron chi connectivity index (χ2n) is 9.78. The fourth-order valence-corrected chi connectivity index (χ4v) is 5.75. The molecule has 0 aromatic heterocycles. The molecule has 2 amide bonds. The molecule has 3 aliphatic heterocycles. The fraction of sp³-hybridized carbons (Fsp3) is 0.680. The lowest BCUT2D eigenvalue weighted by Gasteiger charge is -2.38. The first-order valence-corrected chi connectivity index (χ1v) is 12.3. The van der Waals surface area contributed by atoms with Crippen molar-refractivity contribution in [1.82, 2.24) is 14.7 Å². The predicted molar refractivity (Wildman–Crippen MR) is 120 cm³/mol. The number of piperidine rings is 1. The van der Waals surface area contributed by atoms with E-state index >= 15 is 0 Å². The van der Waals surface area contributed by atoms with Crippen LogP contribution >= 0.6 is 0 Å². The van der Waals surface area contributed by atoms with Gasteiger partial charge in [0.1, 0.15) is 13.2 Å². The Bertz CT molecular complexity index is 792. The molecule has 3 fully saturated rings. The second kappa shape index (κ2) is 9.79. The SMILES string of the molecule is O=C(CN1CCOC1=O)N(CC1CCN(C2Cc3ccccc3C2)CC1)C[C@@H]1CCCO1. The van der Waals surface area contributed by atoms with E-state index in [1.165, 1.54) is 16.0 Å². The van der Waals surface area contributed by atoms with E-state index in [9.17, 15) is 9.59 Å². The van der Waals surface area contributed by atoms with Crippen LogP contribution in [0.4, 0.5) is 4.79 Å². The van der Waals surface area contributed by atoms with Gasteiger partial charge in [-0.05, 0) is 68.7 Å². The number of nitrogens with zero attached hydrogens (tertiary/aromatic N) is 3. The Morgan fingerprint density at radius 2 is 1.75 bits per heavy atom. The zero-order chi connectivity index (χ0) is 21.9. The highest BCUT2D eigenvalue weighted by Crippen LogP contribution is 2.29. The monoisotopic (exact) mass is 441 g/mol. The minimum Gasteiger partial charge on any atom is -0.448 e. The van der Waals surface area contributed by atoms with Crippen LogP contribution in [-0.4, -0.2) is 91.3 Å². The smallest absolute Gasteiger partial charge is 0.410 e. The summed E-state index contributed by atoms with van der Waals surface area (Å²) in [5.74, 6) is 0.527. The van der Waals surface area contributed by atoms with Crippen molar-refractivity contribution in [3.63, 3.8) is 0 Å². The first kappa shape index (κ1) is 21.7. The predicted octanol–water partition coefficient (Wildman–Crippen LogP) is 2.33. The van der Waals surface area contributed by atoms with Crippen molar-refractivity contribution < 1.29 is 19.1 Å². The van der Waals surface area contributed by atoms with Crippen molar-refractivity contribution in [1.29, 1.82) is 0 Å². The van der Waals surface area contributed by atoms with Crippen molar-refractivity contribution in [2.24, 2.45) is 5.92 Å². The highest BCUT2D eigenvalue weighted by Gasteiger charge is 2.33. The van der Waals surface area contributed by atoms with Gasteiger partial charge in [0.15, 0.2) is 0 Å². The van der Waals surface area contributed by atoms with E-state index in [0.29, 0.717) is 31.7 Å². The highest BCUT2D eigenvalue weighted by molar-refractivity contribution is 5.83. The fourth-order valence-electron chi connectivity index (χ4n) is 5.75. The molecule has 0 bridgehead atoms. The third kappa shape index (κ3) is 4.94. The molecule has 0 spiro atoms. The van der Waals surface area contributed by atoms with E-state index in [1.54, 1.807) is 0 Å². The van der Waals surface area contributed by atoms with Crippen molar-refractivity contribution in [3.8, 4) is 0 Å². The van der Waals surface area contributed by atoms with Crippen molar-refractivity contribution in [2.45, 2.75) is 50.7 Å². The molecule has 0 N–H and O–H groups in total. The molecule has 0 unspecified atom stereocenters. The summed E-state index contributed by atoms with van der Waals surface area (Å²) in [5.41, 5.74) is 3.02. The van der Waals surface area contributed by atoms with Crippen LogP contribution in [0.3, 0.4) is 0 Å². The number of hydrogen-bond donors (Lipinski definition) is 0. The lowest BCUT2D eigenvalue weighted by Crippen LogP contribution is -2.48. The summed E-state index contributed by atoms with van der Waals surface area (Å²) < 4.78 is 10.8. The third-order valence-corrected chi connectivity index (χ3v) is 7.65. The van der Waals surface area contributed by atoms with Crippen LogP contribution in [0.1, 0.15) is 36.8 Å². The van der Waals surface area contributed by atoms with Gasteiger partial charge in [-0.1, -0.05) is 24.3 Å². The summed E-state index contributed by atoms with van der Waals surface area (Å²) in [5, 5.41) is 0. The van der Waals surface area contributed by atoms with E-state index in [-0.39, 0.29) is 24.6 Å². The van der Waals surface area contributed by atoms with Gasteiger partial charge in [-0.15, -0.1) is 0 Å². The lowest BCUT2D eigenvalue weighted by molar-refractivity contribution is -0.134. The number of amides is 2. The number of hydrogen-bond acceptors (Lipinski definition) is 5. The molecule has 5 rings (SSSR count). The second-order valence-corrected chi connectivity index (χ2v) is 9.78. The Morgan fingerprint density at radius 3 is 2.38 bits per heavy atom. The zero-order valence-corrected chi connectivity index (χ0v) is 18.9. The molecule has 1 aliphatic carbocycles. The third-order valence-electron chi connectivity index (χ3n) is 7.65. The van der Waals surface area contributed by atoms with Gasteiger partial charge >= 0.3 is 6.09 Å². The molecule has 1 aromatic carbocycles. The van der Waals surface area contributed by atoms with Crippen molar-refractivity contribution in [3.05, 3.63) is 35.4 Å². The molecule has 0 radical (unpaired) electrons. The number of carbonyl (C=O) groups excluding carboxylic acids is 2. The standard InChI is InChI=1S/C25H35N3O4/c29-24(18-27-11-13-32-25(27)30)28(17-23-6-3-12-31-23)16-19-7-9-26(10-8-19)22-14-20-4-1-2-5-21(20)15-22/h1-2,4-5,19,22-23H,3,6-18H2/t23-/m0/s1. The van der Waals surface area contributed by atoms with E-state index in [0.717, 1.165) is 64.8 Å². The molecular weight excluding hydrogens is 406 g/mol. The van der Waals surface area contributed by atoms with E-state index in [2.05, 4.69) is 29.2 Å². The van der Waals surface area contributed by atoms with Crippen LogP contribution in [0, 0.1) is 5.92 Å². The van der Waals surface area contributed by atoms with Gasteiger partial charge in [-0.2, -0.15) is 0 Å². The molecule has 3 heterocycles. The molecule has 1 aromatic rings. The van der Waals surface area contributed by atoms with Gasteiger partial charge in [0.05, 0.1) is 12.6 Å². The van der Waals surface area contributed by atoms with Crippen LogP contribution in [0.15, 0.2) is 24.3 Å². The molecule has 32 heavy (non-hydrogen) atoms. The van der Waals surface area contributed by atoms with Crippen molar-refractivity contribution in [2.75, 3.05) is 52.5 Å². The van der Waals surface area contributed by atoms with Gasteiger partial charge in [-0.25, -0.2) is 4.79 Å². The van der Waals surface area contributed by atoms with Crippen LogP contribution < -0.4 is 0 Å². The van der Waals surface area contributed by atoms with Gasteiger partial charge in [0.25, 0.3) is 0 Å². The van der Waals surface area contributed by atoms with Gasteiger partial charge < -0.3 is 14.4 Å². The maximum absolute atomic E-state index is 13.1. The van der Waals surface area contributed by atoms with Crippen LogP contribution in [0.2, 0.25) is 0 Å². The Balaban J connectivity index is 1.15. The molecule has 7 nitrogen and oxygen atoms in total. The molecule has 1 atom stereocenters. The van der Waals surface area contributed by atoms with E-state index < -0.39 is 0 Å². The molecule has 4 aliphatic rings. The number of cyclic esters (lactones) is 1. The summed E-state index contributed by atoms with van der Waals surface area (Å²) in [7, 11) is 0. The lowest BCUT2D eigenvalue weighted by atomic mass is 9.94. The summed E-state index contributed by atoms with van der Waals surface area (Å²) >= 11 is 0. The maximum atomic E-state index is 13.1. The van der Waals surface area contributed by atoms with E-state index in [4.69, 9.17) is 9.47 Å². The van der Waals surface area contributed by atoms with Crippen LogP contribution in [-0.2, 0) is 27.1 Å². The zero-order valence-electron chi connectivity index (χ0n) is 18.9. The number of ether oxygens (including phenoxy) is 2. The number of fused-ring (bicyclic) bond motifs is 1. The van der Waals surface area contributed by atoms with Crippen molar-refractivity contribution >= 4 is 12.0 Å². The first-order valence-electron chi connectivity index (χ1n) is 12.3. The molecule has 7 heteroatoms. The Hall–Kier alpha value is -2.12. The minimum absolute atomic E-state index is 0.0213. The molecule has 0 saturated carbocycles. The molecule has 3 saturated heterocycles. The molecular formula is C25H35N3O4. The highest BCUT2D eigenvalue weighted by atomic mass is 16.6.